The van der Waals surface area contributed by atoms with Gasteiger partial charge in [-0.3, -0.25) is 4.79 Å². The van der Waals surface area contributed by atoms with Crippen LogP contribution in [0.5, 0.6) is 0 Å². The highest BCUT2D eigenvalue weighted by Crippen LogP contribution is 2.30. The summed E-state index contributed by atoms with van der Waals surface area (Å²) in [6.07, 6.45) is 7.29. The Labute approximate surface area is 166 Å². The van der Waals surface area contributed by atoms with Crippen LogP contribution in [0.25, 0.3) is 5.69 Å². The Morgan fingerprint density at radius 2 is 2.15 bits per heavy atom. The maximum Gasteiger partial charge on any atom is 0.292 e. The zero-order chi connectivity index (χ0) is 19.0. The molecular formula is C19H19Cl2N5O. The summed E-state index contributed by atoms with van der Waals surface area (Å²) < 4.78 is 1.28. The van der Waals surface area contributed by atoms with Crippen LogP contribution >= 0.6 is 23.2 Å². The lowest BCUT2D eigenvalue weighted by Gasteiger charge is -2.33. The van der Waals surface area contributed by atoms with E-state index in [4.69, 9.17) is 23.2 Å². The molecule has 1 N–H and O–H groups in total. The Kier molecular flexibility index (Phi) is 4.93. The number of nitrogens with zero attached hydrogens (tertiary/aromatic N) is 4. The van der Waals surface area contributed by atoms with Gasteiger partial charge in [0.15, 0.2) is 0 Å². The second-order valence-corrected chi connectivity index (χ2v) is 7.54. The average molecular weight is 404 g/mol. The van der Waals surface area contributed by atoms with Crippen LogP contribution in [0.2, 0.25) is 10.0 Å². The summed E-state index contributed by atoms with van der Waals surface area (Å²) in [4.78, 5) is 22.5. The molecule has 0 spiro atoms. The van der Waals surface area contributed by atoms with Crippen LogP contribution in [-0.2, 0) is 0 Å². The second-order valence-electron chi connectivity index (χ2n) is 6.75. The van der Waals surface area contributed by atoms with E-state index in [1.165, 1.54) is 4.68 Å². The zero-order valence-corrected chi connectivity index (χ0v) is 16.3. The van der Waals surface area contributed by atoms with Crippen molar-refractivity contribution < 1.29 is 0 Å². The standard InChI is InChI=1S/C19H19Cl2N5O/c1-12-4-5-14(9-15(12)20)26-19(27)17(21)16(10-24-26)25-8-2-3-13(11-25)18-22-6-7-23-18/h4-7,9-10,13H,2-3,8,11H2,1H3,(H,22,23). The number of hydrogen-bond acceptors (Lipinski definition) is 4. The first-order chi connectivity index (χ1) is 13.0. The number of benzene rings is 1. The van der Waals surface area contributed by atoms with Gasteiger partial charge in [-0.05, 0) is 37.5 Å². The SMILES string of the molecule is Cc1ccc(-n2ncc(N3CCCC(c4ncc[nH]4)C3)c(Cl)c2=O)cc1Cl. The molecule has 1 aromatic carbocycles. The fraction of sp³-hybridized carbons (Fsp3) is 0.316. The summed E-state index contributed by atoms with van der Waals surface area (Å²) >= 11 is 12.6. The quantitative estimate of drug-likeness (QED) is 0.718. The monoisotopic (exact) mass is 403 g/mol. The summed E-state index contributed by atoms with van der Waals surface area (Å²) in [6, 6.07) is 5.38. The molecule has 0 aliphatic carbocycles. The molecule has 8 heteroatoms. The molecular weight excluding hydrogens is 385 g/mol. The van der Waals surface area contributed by atoms with E-state index >= 15 is 0 Å². The fourth-order valence-electron chi connectivity index (χ4n) is 3.46. The third-order valence-corrected chi connectivity index (χ3v) is 5.73. The molecule has 1 unspecified atom stereocenters. The summed E-state index contributed by atoms with van der Waals surface area (Å²) in [5.74, 6) is 1.24. The topological polar surface area (TPSA) is 66.8 Å². The van der Waals surface area contributed by atoms with Crippen LogP contribution in [0.1, 0.15) is 30.1 Å². The number of aromatic amines is 1. The number of imidazole rings is 1. The Hall–Kier alpha value is -2.31. The van der Waals surface area contributed by atoms with Crippen LogP contribution in [0, 0.1) is 6.92 Å². The molecule has 0 radical (unpaired) electrons. The number of hydrogen-bond donors (Lipinski definition) is 1. The first-order valence-corrected chi connectivity index (χ1v) is 9.59. The Bertz CT molecular complexity index is 1020. The summed E-state index contributed by atoms with van der Waals surface area (Å²) in [7, 11) is 0. The van der Waals surface area contributed by atoms with Crippen molar-refractivity contribution in [1.29, 1.82) is 0 Å². The van der Waals surface area contributed by atoms with Gasteiger partial charge in [0.1, 0.15) is 10.8 Å². The molecule has 0 bridgehead atoms. The first kappa shape index (κ1) is 18.1. The van der Waals surface area contributed by atoms with E-state index in [0.717, 1.165) is 37.3 Å². The van der Waals surface area contributed by atoms with Crippen LogP contribution in [0.3, 0.4) is 0 Å². The van der Waals surface area contributed by atoms with Crippen molar-refractivity contribution in [2.45, 2.75) is 25.7 Å². The van der Waals surface area contributed by atoms with Gasteiger partial charge < -0.3 is 9.88 Å². The van der Waals surface area contributed by atoms with E-state index in [1.807, 2.05) is 19.2 Å². The highest BCUT2D eigenvalue weighted by molar-refractivity contribution is 6.33. The second kappa shape index (κ2) is 7.37. The zero-order valence-electron chi connectivity index (χ0n) is 14.8. The highest BCUT2D eigenvalue weighted by Gasteiger charge is 2.26. The van der Waals surface area contributed by atoms with Crippen LogP contribution in [-0.4, -0.2) is 32.8 Å². The Morgan fingerprint density at radius 1 is 1.30 bits per heavy atom. The molecule has 140 valence electrons. The van der Waals surface area contributed by atoms with E-state index in [1.54, 1.807) is 24.5 Å². The van der Waals surface area contributed by atoms with Crippen molar-refractivity contribution >= 4 is 28.9 Å². The molecule has 3 aromatic rings. The van der Waals surface area contributed by atoms with Gasteiger partial charge in [0.25, 0.3) is 5.56 Å². The number of anilines is 1. The predicted molar refractivity (Wildman–Crippen MR) is 107 cm³/mol. The number of nitrogens with one attached hydrogen (secondary N) is 1. The summed E-state index contributed by atoms with van der Waals surface area (Å²) in [5.41, 5.74) is 1.84. The first-order valence-electron chi connectivity index (χ1n) is 8.83. The predicted octanol–water partition coefficient (Wildman–Crippen LogP) is 3.95. The van der Waals surface area contributed by atoms with E-state index < -0.39 is 0 Å². The summed E-state index contributed by atoms with van der Waals surface area (Å²) in [6.45, 7) is 3.48. The van der Waals surface area contributed by atoms with Gasteiger partial charge in [-0.2, -0.15) is 9.78 Å². The molecule has 0 saturated carbocycles. The molecule has 1 aliphatic heterocycles. The number of H-pyrrole nitrogens is 1. The smallest absolute Gasteiger partial charge is 0.292 e. The van der Waals surface area contributed by atoms with E-state index in [0.29, 0.717) is 16.4 Å². The minimum Gasteiger partial charge on any atom is -0.368 e. The maximum absolute atomic E-state index is 12.8. The lowest BCUT2D eigenvalue weighted by Crippen LogP contribution is -2.36. The summed E-state index contributed by atoms with van der Waals surface area (Å²) in [5, 5.41) is 5.09. The van der Waals surface area contributed by atoms with Gasteiger partial charge in [-0.1, -0.05) is 29.3 Å². The molecule has 1 aliphatic rings. The number of aromatic nitrogens is 4. The lowest BCUT2D eigenvalue weighted by atomic mass is 9.97. The minimum atomic E-state index is -0.353. The van der Waals surface area contributed by atoms with Crippen LogP contribution < -0.4 is 10.5 Å². The van der Waals surface area contributed by atoms with Gasteiger partial charge in [-0.25, -0.2) is 4.98 Å². The van der Waals surface area contributed by atoms with Crippen molar-refractivity contribution in [3.8, 4) is 5.69 Å². The molecule has 27 heavy (non-hydrogen) atoms. The van der Waals surface area contributed by atoms with Crippen molar-refractivity contribution in [3.05, 3.63) is 68.6 Å². The van der Waals surface area contributed by atoms with Gasteiger partial charge in [0, 0.05) is 36.4 Å². The van der Waals surface area contributed by atoms with E-state index in [2.05, 4.69) is 20.0 Å². The van der Waals surface area contributed by atoms with Gasteiger partial charge in [0.05, 0.1) is 17.6 Å². The fourth-order valence-corrected chi connectivity index (χ4v) is 3.89. The van der Waals surface area contributed by atoms with Crippen molar-refractivity contribution in [3.63, 3.8) is 0 Å². The van der Waals surface area contributed by atoms with E-state index in [9.17, 15) is 4.79 Å². The third kappa shape index (κ3) is 3.47. The van der Waals surface area contributed by atoms with Gasteiger partial charge >= 0.3 is 0 Å². The highest BCUT2D eigenvalue weighted by atomic mass is 35.5. The molecule has 3 heterocycles. The number of halogens is 2. The number of aryl methyl sites for hydroxylation is 1. The third-order valence-electron chi connectivity index (χ3n) is 4.97. The molecule has 6 nitrogen and oxygen atoms in total. The number of rotatable bonds is 3. The van der Waals surface area contributed by atoms with E-state index in [-0.39, 0.29) is 16.5 Å². The minimum absolute atomic E-state index is 0.168. The maximum atomic E-state index is 12.8. The molecule has 1 fully saturated rings. The molecule has 1 atom stereocenters. The van der Waals surface area contributed by atoms with Crippen molar-refractivity contribution in [2.75, 3.05) is 18.0 Å². The van der Waals surface area contributed by atoms with Gasteiger partial charge in [-0.15, -0.1) is 0 Å². The normalized spacial score (nSPS) is 17.3. The number of piperidine rings is 1. The van der Waals surface area contributed by atoms with Crippen LogP contribution in [0.15, 0.2) is 41.6 Å². The molecule has 1 saturated heterocycles. The van der Waals surface area contributed by atoms with Crippen LogP contribution in [0.4, 0.5) is 5.69 Å². The van der Waals surface area contributed by atoms with Gasteiger partial charge in [0.2, 0.25) is 0 Å². The Morgan fingerprint density at radius 3 is 2.89 bits per heavy atom. The average Bonchev–Trinajstić information content (AvgIpc) is 3.21. The Balaban J connectivity index is 1.65. The molecule has 2 aromatic heterocycles. The molecule has 0 amide bonds. The van der Waals surface area contributed by atoms with Crippen molar-refractivity contribution in [1.82, 2.24) is 19.7 Å². The lowest BCUT2D eigenvalue weighted by molar-refractivity contribution is 0.493. The molecule has 4 rings (SSSR count). The largest absolute Gasteiger partial charge is 0.368 e. The van der Waals surface area contributed by atoms with Crippen molar-refractivity contribution in [2.24, 2.45) is 0 Å².